The average molecular weight is 878 g/mol. The van der Waals surface area contributed by atoms with Crippen LogP contribution in [0.25, 0.3) is 0 Å². The van der Waals surface area contributed by atoms with Crippen LogP contribution in [-0.2, 0) is 56.5 Å². The Morgan fingerprint density at radius 3 is 1.54 bits per heavy atom. The fourth-order valence-corrected chi connectivity index (χ4v) is 8.28. The molecule has 0 radical (unpaired) electrons. The molecule has 0 aliphatic carbocycles. The molecule has 7 rings (SSSR count). The molecule has 1 N–H and O–H groups in total. The molecular weight excluding hydrogens is 828 g/mol. The van der Waals surface area contributed by atoms with Gasteiger partial charge >= 0.3 is 0 Å². The minimum atomic E-state index is -0.692. The largest absolute Gasteiger partial charge is 0.491 e. The third-order valence-electron chi connectivity index (χ3n) is 10.2. The second-order valence-corrected chi connectivity index (χ2v) is 15.7. The summed E-state index contributed by atoms with van der Waals surface area (Å²) >= 11 is 11.1. The molecule has 0 amide bonds. The number of hydrogen-bond donors (Lipinski definition) is 1. The van der Waals surface area contributed by atoms with E-state index in [0.717, 1.165) is 38.9 Å². The van der Waals surface area contributed by atoms with E-state index in [1.165, 1.54) is 0 Å². The molecule has 6 aromatic carbocycles. The SMILES string of the molecule is OCCCOc1c(Cl)c(Cc2ccccc2)cc([C@@H]2O[C@H](COCc3ccccc3)[C@@H](OCc3ccccc3)C(OCc3ccccc3)C2OCc2ccccc2)c1Br. The summed E-state index contributed by atoms with van der Waals surface area (Å²) < 4.78 is 41.7. The van der Waals surface area contributed by atoms with E-state index in [2.05, 4.69) is 46.3 Å². The maximum atomic E-state index is 9.66. The van der Waals surface area contributed by atoms with Crippen LogP contribution in [0.1, 0.15) is 51.5 Å². The summed E-state index contributed by atoms with van der Waals surface area (Å²) in [6.45, 7) is 1.85. The normalized spacial score (nSPS) is 19.1. The Labute approximate surface area is 360 Å². The van der Waals surface area contributed by atoms with Crippen molar-refractivity contribution in [2.45, 2.75) is 69.8 Å². The van der Waals surface area contributed by atoms with Crippen molar-refractivity contribution in [1.29, 1.82) is 0 Å². The van der Waals surface area contributed by atoms with E-state index in [1.54, 1.807) is 0 Å². The van der Waals surface area contributed by atoms with Crippen LogP contribution in [0.5, 0.6) is 5.75 Å². The molecule has 9 heteroatoms. The number of halogens is 2. The lowest BCUT2D eigenvalue weighted by atomic mass is 9.89. The van der Waals surface area contributed by atoms with Gasteiger partial charge in [0, 0.05) is 18.6 Å². The maximum absolute atomic E-state index is 9.66. The van der Waals surface area contributed by atoms with Crippen molar-refractivity contribution in [3.8, 4) is 5.75 Å². The Hall–Kier alpha value is -4.35. The van der Waals surface area contributed by atoms with Gasteiger partial charge in [0.2, 0.25) is 0 Å². The molecule has 2 unspecified atom stereocenters. The van der Waals surface area contributed by atoms with E-state index in [0.29, 0.717) is 54.5 Å². The lowest BCUT2D eigenvalue weighted by molar-refractivity contribution is -0.275. The van der Waals surface area contributed by atoms with Crippen LogP contribution in [0.3, 0.4) is 0 Å². The number of benzene rings is 6. The molecule has 5 atom stereocenters. The highest BCUT2D eigenvalue weighted by molar-refractivity contribution is 9.10. The van der Waals surface area contributed by atoms with Crippen LogP contribution in [0.4, 0.5) is 0 Å². The number of ether oxygens (including phenoxy) is 6. The Balaban J connectivity index is 1.33. The lowest BCUT2D eigenvalue weighted by Crippen LogP contribution is -2.58. The second-order valence-electron chi connectivity index (χ2n) is 14.5. The van der Waals surface area contributed by atoms with Gasteiger partial charge in [0.25, 0.3) is 0 Å². The van der Waals surface area contributed by atoms with E-state index in [4.69, 9.17) is 40.0 Å². The van der Waals surface area contributed by atoms with Crippen LogP contribution in [0.2, 0.25) is 5.02 Å². The van der Waals surface area contributed by atoms with E-state index in [1.807, 2.05) is 127 Å². The van der Waals surface area contributed by atoms with Crippen LogP contribution in [0.15, 0.2) is 162 Å². The van der Waals surface area contributed by atoms with Gasteiger partial charge in [0.1, 0.15) is 30.5 Å². The molecule has 59 heavy (non-hydrogen) atoms. The minimum absolute atomic E-state index is 0.0115. The summed E-state index contributed by atoms with van der Waals surface area (Å²) in [7, 11) is 0. The van der Waals surface area contributed by atoms with Crippen molar-refractivity contribution in [3.63, 3.8) is 0 Å². The van der Waals surface area contributed by atoms with Crippen LogP contribution in [0, 0.1) is 0 Å². The molecule has 7 nitrogen and oxygen atoms in total. The quantitative estimate of drug-likeness (QED) is 0.0766. The van der Waals surface area contributed by atoms with Crippen LogP contribution in [-0.4, -0.2) is 49.3 Å². The minimum Gasteiger partial charge on any atom is -0.491 e. The first kappa shape index (κ1) is 42.8. The van der Waals surface area contributed by atoms with Gasteiger partial charge in [-0.3, -0.25) is 0 Å². The topological polar surface area (TPSA) is 75.6 Å². The van der Waals surface area contributed by atoms with Gasteiger partial charge < -0.3 is 33.5 Å². The smallest absolute Gasteiger partial charge is 0.152 e. The summed E-state index contributed by atoms with van der Waals surface area (Å²) in [5, 5.41) is 10.1. The highest BCUT2D eigenvalue weighted by Crippen LogP contribution is 2.47. The van der Waals surface area contributed by atoms with Gasteiger partial charge in [-0.15, -0.1) is 0 Å². The summed E-state index contributed by atoms with van der Waals surface area (Å²) in [5.41, 5.74) is 6.86. The summed E-state index contributed by atoms with van der Waals surface area (Å²) in [4.78, 5) is 0. The van der Waals surface area contributed by atoms with Crippen molar-refractivity contribution >= 4 is 27.5 Å². The summed E-state index contributed by atoms with van der Waals surface area (Å²) in [5.74, 6) is 0.482. The molecule has 1 aliphatic heterocycles. The first-order valence-electron chi connectivity index (χ1n) is 20.1. The monoisotopic (exact) mass is 876 g/mol. The molecule has 1 heterocycles. The van der Waals surface area contributed by atoms with E-state index >= 15 is 0 Å². The molecule has 1 aliphatic rings. The average Bonchev–Trinajstić information content (AvgIpc) is 3.28. The van der Waals surface area contributed by atoms with E-state index in [9.17, 15) is 5.11 Å². The van der Waals surface area contributed by atoms with Gasteiger partial charge in [-0.05, 0) is 61.8 Å². The highest BCUT2D eigenvalue weighted by atomic mass is 79.9. The Kier molecular flexibility index (Phi) is 16.2. The molecule has 306 valence electrons. The van der Waals surface area contributed by atoms with Crippen molar-refractivity contribution in [2.75, 3.05) is 19.8 Å². The zero-order valence-corrected chi connectivity index (χ0v) is 35.3. The highest BCUT2D eigenvalue weighted by Gasteiger charge is 2.50. The van der Waals surface area contributed by atoms with Crippen LogP contribution < -0.4 is 4.74 Å². The number of aliphatic hydroxyl groups is 1. The third kappa shape index (κ3) is 11.9. The van der Waals surface area contributed by atoms with Gasteiger partial charge in [0.05, 0.1) is 49.1 Å². The molecule has 0 spiro atoms. The fraction of sp³-hybridized carbons (Fsp3) is 0.280. The van der Waals surface area contributed by atoms with E-state index < -0.39 is 30.5 Å². The van der Waals surface area contributed by atoms with Crippen molar-refractivity contribution in [3.05, 3.63) is 206 Å². The summed E-state index contributed by atoms with van der Waals surface area (Å²) in [6, 6.07) is 52.7. The third-order valence-corrected chi connectivity index (χ3v) is 11.5. The Bertz CT molecular complexity index is 2130. The maximum Gasteiger partial charge on any atom is 0.152 e. The van der Waals surface area contributed by atoms with Gasteiger partial charge in [-0.2, -0.15) is 0 Å². The number of aliphatic hydroxyl groups excluding tert-OH is 1. The molecule has 0 saturated carbocycles. The van der Waals surface area contributed by atoms with Crippen LogP contribution >= 0.6 is 27.5 Å². The molecule has 1 fully saturated rings. The molecular formula is C50H50BrClO7. The first-order chi connectivity index (χ1) is 29.1. The van der Waals surface area contributed by atoms with Gasteiger partial charge in [0.15, 0.2) is 5.75 Å². The van der Waals surface area contributed by atoms with Crippen molar-refractivity contribution in [1.82, 2.24) is 0 Å². The fourth-order valence-electron chi connectivity index (χ4n) is 7.24. The number of rotatable bonds is 20. The molecule has 6 aromatic rings. The second kappa shape index (κ2) is 22.3. The summed E-state index contributed by atoms with van der Waals surface area (Å²) in [6.07, 6.45) is -2.16. The standard InChI is InChI=1S/C50H50BrClO7/c51-44-42(30-41(29-36-17-6-1-7-18-36)45(52)48(44)55-28-16-27-53)46-49(57-33-39-23-12-4-13-24-39)50(58-34-40-25-14-5-15-26-40)47(56-32-38-21-10-3-11-22-38)43(59-46)35-54-31-37-19-8-2-9-20-37/h1-15,17-26,30,43,46-47,49-50,53H,16,27-29,31-35H2/t43-,46+,47-,49?,50?/m1/s1. The van der Waals surface area contributed by atoms with Crippen molar-refractivity contribution < 1.29 is 33.5 Å². The number of hydrogen-bond acceptors (Lipinski definition) is 7. The molecule has 1 saturated heterocycles. The Morgan fingerprint density at radius 2 is 1.03 bits per heavy atom. The predicted octanol–water partition coefficient (Wildman–Crippen LogP) is 10.9. The Morgan fingerprint density at radius 1 is 0.576 bits per heavy atom. The predicted molar refractivity (Wildman–Crippen MR) is 234 cm³/mol. The van der Waals surface area contributed by atoms with E-state index in [-0.39, 0.29) is 19.8 Å². The molecule has 0 aromatic heterocycles. The van der Waals surface area contributed by atoms with Gasteiger partial charge in [-0.25, -0.2) is 0 Å². The van der Waals surface area contributed by atoms with Gasteiger partial charge in [-0.1, -0.05) is 163 Å². The zero-order chi connectivity index (χ0) is 40.7. The zero-order valence-electron chi connectivity index (χ0n) is 32.9. The van der Waals surface area contributed by atoms with Crippen molar-refractivity contribution in [2.24, 2.45) is 0 Å². The first-order valence-corrected chi connectivity index (χ1v) is 21.3. The molecule has 0 bridgehead atoms. The lowest BCUT2D eigenvalue weighted by Gasteiger charge is -2.47.